The van der Waals surface area contributed by atoms with Gasteiger partial charge in [0.1, 0.15) is 0 Å². The van der Waals surface area contributed by atoms with Crippen molar-refractivity contribution in [3.05, 3.63) is 0 Å². The van der Waals surface area contributed by atoms with Crippen LogP contribution in [0, 0.1) is 16.7 Å². The van der Waals surface area contributed by atoms with E-state index >= 15 is 0 Å². The Hall–Kier alpha value is -0.900. The fraction of sp³-hybridized carbons (Fsp3) is 0.818. The normalized spacial score (nSPS) is 47.9. The van der Waals surface area contributed by atoms with Gasteiger partial charge in [0, 0.05) is 12.5 Å². The third-order valence-electron chi connectivity index (χ3n) is 4.73. The minimum Gasteiger partial charge on any atom is -0.396 e. The van der Waals surface area contributed by atoms with Crippen molar-refractivity contribution < 1.29 is 19.4 Å². The second kappa shape index (κ2) is 2.61. The molecule has 82 valence electrons. The highest BCUT2D eigenvalue weighted by atomic mass is 16.6. The Morgan fingerprint density at radius 3 is 2.73 bits per heavy atom. The molecule has 4 heteroatoms. The van der Waals surface area contributed by atoms with E-state index in [9.17, 15) is 14.7 Å². The SMILES string of the molecule is O=C1OC(=O)[C@@]23CCCC[C@@]12C[C@@H]3CO. The zero-order valence-corrected chi connectivity index (χ0v) is 8.49. The van der Waals surface area contributed by atoms with Crippen molar-refractivity contribution in [1.29, 1.82) is 0 Å². The molecule has 0 aromatic carbocycles. The summed E-state index contributed by atoms with van der Waals surface area (Å²) in [6.07, 6.45) is 4.05. The molecule has 3 fully saturated rings. The van der Waals surface area contributed by atoms with Crippen molar-refractivity contribution in [3.63, 3.8) is 0 Å². The Labute approximate surface area is 87.6 Å². The highest BCUT2D eigenvalue weighted by Gasteiger charge is 2.78. The van der Waals surface area contributed by atoms with Crippen molar-refractivity contribution in [1.82, 2.24) is 0 Å². The van der Waals surface area contributed by atoms with Gasteiger partial charge in [-0.15, -0.1) is 0 Å². The van der Waals surface area contributed by atoms with Crippen molar-refractivity contribution in [2.24, 2.45) is 16.7 Å². The molecule has 0 aromatic rings. The number of hydrogen-bond acceptors (Lipinski definition) is 4. The number of esters is 2. The van der Waals surface area contributed by atoms with Gasteiger partial charge in [0.2, 0.25) is 0 Å². The Kier molecular flexibility index (Phi) is 1.63. The van der Waals surface area contributed by atoms with Gasteiger partial charge >= 0.3 is 11.9 Å². The average molecular weight is 210 g/mol. The molecule has 0 bridgehead atoms. The van der Waals surface area contributed by atoms with Crippen LogP contribution in [0.2, 0.25) is 0 Å². The van der Waals surface area contributed by atoms with Crippen molar-refractivity contribution in [2.45, 2.75) is 32.1 Å². The van der Waals surface area contributed by atoms with E-state index in [1.165, 1.54) is 0 Å². The highest BCUT2D eigenvalue weighted by molar-refractivity contribution is 6.04. The number of aliphatic hydroxyl groups is 1. The number of ether oxygens (including phenoxy) is 1. The van der Waals surface area contributed by atoms with Gasteiger partial charge in [-0.3, -0.25) is 9.59 Å². The van der Waals surface area contributed by atoms with E-state index in [1.54, 1.807) is 0 Å². The molecular formula is C11H14O4. The first-order valence-electron chi connectivity index (χ1n) is 5.55. The van der Waals surface area contributed by atoms with Crippen LogP contribution in [0.5, 0.6) is 0 Å². The summed E-state index contributed by atoms with van der Waals surface area (Å²) in [6.45, 7) is -0.00979. The van der Waals surface area contributed by atoms with Gasteiger partial charge in [-0.2, -0.15) is 0 Å². The van der Waals surface area contributed by atoms with E-state index in [-0.39, 0.29) is 24.5 Å². The summed E-state index contributed by atoms with van der Waals surface area (Å²) in [5.74, 6) is -0.772. The number of carbonyl (C=O) groups is 2. The van der Waals surface area contributed by atoms with E-state index < -0.39 is 10.8 Å². The van der Waals surface area contributed by atoms with Crippen molar-refractivity contribution in [3.8, 4) is 0 Å². The summed E-state index contributed by atoms with van der Waals surface area (Å²) in [6, 6.07) is 0. The van der Waals surface area contributed by atoms with Crippen molar-refractivity contribution >= 4 is 11.9 Å². The zero-order valence-electron chi connectivity index (χ0n) is 8.49. The number of aliphatic hydroxyl groups excluding tert-OH is 1. The van der Waals surface area contributed by atoms with Crippen LogP contribution < -0.4 is 0 Å². The van der Waals surface area contributed by atoms with Gasteiger partial charge in [0.15, 0.2) is 0 Å². The molecule has 0 spiro atoms. The molecule has 0 amide bonds. The van der Waals surface area contributed by atoms with E-state index in [0.29, 0.717) is 12.8 Å². The number of hydrogen-bond donors (Lipinski definition) is 1. The molecule has 0 aromatic heterocycles. The standard InChI is InChI=1S/C11H14O4/c12-6-7-5-10-3-1-2-4-11(7,10)9(14)15-8(10)13/h7,12H,1-6H2/t7-,10-,11+/m1/s1. The first kappa shape index (κ1) is 9.33. The maximum Gasteiger partial charge on any atom is 0.321 e. The fourth-order valence-corrected chi connectivity index (χ4v) is 3.96. The highest BCUT2D eigenvalue weighted by Crippen LogP contribution is 2.71. The van der Waals surface area contributed by atoms with Crippen LogP contribution in [-0.2, 0) is 14.3 Å². The second-order valence-corrected chi connectivity index (χ2v) is 5.02. The Morgan fingerprint density at radius 2 is 2.00 bits per heavy atom. The zero-order chi connectivity index (χ0) is 10.7. The molecule has 3 aliphatic rings. The predicted octanol–water partition coefficient (Wildman–Crippen LogP) is 0.629. The van der Waals surface area contributed by atoms with Crippen molar-refractivity contribution in [2.75, 3.05) is 6.61 Å². The van der Waals surface area contributed by atoms with E-state index in [4.69, 9.17) is 4.74 Å². The molecule has 2 saturated carbocycles. The van der Waals surface area contributed by atoms with E-state index in [2.05, 4.69) is 0 Å². The van der Waals surface area contributed by atoms with Crippen LogP contribution >= 0.6 is 0 Å². The molecule has 1 heterocycles. The largest absolute Gasteiger partial charge is 0.396 e. The van der Waals surface area contributed by atoms with Crippen LogP contribution in [0.15, 0.2) is 0 Å². The summed E-state index contributed by atoms with van der Waals surface area (Å²) >= 11 is 0. The Morgan fingerprint density at radius 1 is 1.27 bits per heavy atom. The molecule has 1 aliphatic heterocycles. The van der Waals surface area contributed by atoms with Gasteiger partial charge in [0.25, 0.3) is 0 Å². The van der Waals surface area contributed by atoms with Gasteiger partial charge in [-0.1, -0.05) is 12.8 Å². The minimum atomic E-state index is -0.656. The van der Waals surface area contributed by atoms with Gasteiger partial charge in [-0.05, 0) is 19.3 Å². The molecule has 2 aliphatic carbocycles. The van der Waals surface area contributed by atoms with Gasteiger partial charge < -0.3 is 9.84 Å². The predicted molar refractivity (Wildman–Crippen MR) is 49.6 cm³/mol. The van der Waals surface area contributed by atoms with Crippen LogP contribution in [-0.4, -0.2) is 23.7 Å². The average Bonchev–Trinajstić information content (AvgIpc) is 2.37. The smallest absolute Gasteiger partial charge is 0.321 e. The minimum absolute atomic E-state index is 0.00979. The number of carbonyl (C=O) groups excluding carboxylic acids is 2. The Balaban J connectivity index is 2.09. The Bertz CT molecular complexity index is 350. The maximum atomic E-state index is 11.8. The second-order valence-electron chi connectivity index (χ2n) is 5.02. The lowest BCUT2D eigenvalue weighted by atomic mass is 9.40. The number of cyclic esters (lactones) is 2. The lowest BCUT2D eigenvalue weighted by Gasteiger charge is -2.57. The summed E-state index contributed by atoms with van der Waals surface area (Å²) < 4.78 is 4.82. The summed E-state index contributed by atoms with van der Waals surface area (Å²) in [5.41, 5.74) is -1.22. The molecule has 0 radical (unpaired) electrons. The third kappa shape index (κ3) is 0.759. The third-order valence-corrected chi connectivity index (χ3v) is 4.73. The first-order chi connectivity index (χ1) is 7.17. The topological polar surface area (TPSA) is 63.6 Å². The molecule has 3 rings (SSSR count). The maximum absolute atomic E-state index is 11.8. The van der Waals surface area contributed by atoms with Crippen LogP contribution in [0.25, 0.3) is 0 Å². The summed E-state index contributed by atoms with van der Waals surface area (Å²) in [7, 11) is 0. The van der Waals surface area contributed by atoms with Crippen LogP contribution in [0.1, 0.15) is 32.1 Å². The van der Waals surface area contributed by atoms with E-state index in [1.807, 2.05) is 0 Å². The molecule has 15 heavy (non-hydrogen) atoms. The summed E-state index contributed by atoms with van der Waals surface area (Å²) in [5, 5.41) is 9.25. The van der Waals surface area contributed by atoms with Crippen LogP contribution in [0.4, 0.5) is 0 Å². The molecule has 4 nitrogen and oxygen atoms in total. The summed E-state index contributed by atoms with van der Waals surface area (Å²) in [4.78, 5) is 23.5. The molecule has 1 saturated heterocycles. The lowest BCUT2D eigenvalue weighted by Crippen LogP contribution is -2.62. The van der Waals surface area contributed by atoms with Gasteiger partial charge in [-0.25, -0.2) is 0 Å². The first-order valence-corrected chi connectivity index (χ1v) is 5.55. The quantitative estimate of drug-likeness (QED) is 0.509. The molecular weight excluding hydrogens is 196 g/mol. The lowest BCUT2D eigenvalue weighted by molar-refractivity contribution is -0.183. The molecule has 1 N–H and O–H groups in total. The number of rotatable bonds is 1. The van der Waals surface area contributed by atoms with E-state index in [0.717, 1.165) is 19.3 Å². The van der Waals surface area contributed by atoms with Crippen LogP contribution in [0.3, 0.4) is 0 Å². The van der Waals surface area contributed by atoms with Gasteiger partial charge in [0.05, 0.1) is 10.8 Å². The molecule has 0 unspecified atom stereocenters. The molecule has 3 atom stereocenters. The fourth-order valence-electron chi connectivity index (χ4n) is 3.96. The monoisotopic (exact) mass is 210 g/mol.